The maximum Gasteiger partial charge on any atom is 0.123 e. The van der Waals surface area contributed by atoms with Crippen LogP contribution in [-0.4, -0.2) is 11.0 Å². The monoisotopic (exact) mass is 264 g/mol. The third kappa shape index (κ3) is 3.52. The van der Waals surface area contributed by atoms with Gasteiger partial charge in [0.25, 0.3) is 0 Å². The molecule has 0 bridgehead atoms. The van der Waals surface area contributed by atoms with E-state index in [2.05, 4.69) is 4.98 Å². The molecule has 94 valence electrons. The molecular formula is C14H14ClFN2. The molecule has 2 rings (SSSR count). The zero-order valence-corrected chi connectivity index (χ0v) is 10.6. The lowest BCUT2D eigenvalue weighted by Gasteiger charge is -2.12. The van der Waals surface area contributed by atoms with E-state index >= 15 is 0 Å². The fourth-order valence-corrected chi connectivity index (χ4v) is 2.07. The van der Waals surface area contributed by atoms with Crippen LogP contribution in [0.1, 0.15) is 11.1 Å². The summed E-state index contributed by atoms with van der Waals surface area (Å²) in [5.41, 5.74) is 7.92. The van der Waals surface area contributed by atoms with Crippen LogP contribution in [0.5, 0.6) is 0 Å². The summed E-state index contributed by atoms with van der Waals surface area (Å²) < 4.78 is 13.1. The molecule has 0 radical (unpaired) electrons. The first-order valence-electron chi connectivity index (χ1n) is 5.73. The van der Waals surface area contributed by atoms with Crippen LogP contribution in [0.3, 0.4) is 0 Å². The minimum absolute atomic E-state index is 0.0910. The third-order valence-corrected chi connectivity index (χ3v) is 3.11. The Bertz CT molecular complexity index is 516. The number of rotatable bonds is 4. The van der Waals surface area contributed by atoms with E-state index in [0.717, 1.165) is 17.5 Å². The number of pyridine rings is 1. The zero-order valence-electron chi connectivity index (χ0n) is 9.81. The van der Waals surface area contributed by atoms with Crippen molar-refractivity contribution in [1.29, 1.82) is 0 Å². The summed E-state index contributed by atoms with van der Waals surface area (Å²) in [4.78, 5) is 3.95. The van der Waals surface area contributed by atoms with Gasteiger partial charge >= 0.3 is 0 Å². The Labute approximate surface area is 111 Å². The lowest BCUT2D eigenvalue weighted by molar-refractivity contribution is 0.618. The van der Waals surface area contributed by atoms with Crippen molar-refractivity contribution in [3.8, 4) is 0 Å². The fourth-order valence-electron chi connectivity index (χ4n) is 1.88. The first-order chi connectivity index (χ1) is 8.65. The number of hydrogen-bond acceptors (Lipinski definition) is 2. The molecule has 0 saturated heterocycles. The summed E-state index contributed by atoms with van der Waals surface area (Å²) in [7, 11) is 0. The average molecular weight is 265 g/mol. The molecule has 1 unspecified atom stereocenters. The predicted octanol–water partition coefficient (Wildman–Crippen LogP) is 2.99. The summed E-state index contributed by atoms with van der Waals surface area (Å²) in [6, 6.07) is 8.10. The maximum atomic E-state index is 13.1. The van der Waals surface area contributed by atoms with E-state index in [0.29, 0.717) is 11.4 Å². The molecule has 0 aliphatic carbocycles. The van der Waals surface area contributed by atoms with E-state index in [1.807, 2.05) is 12.1 Å². The van der Waals surface area contributed by atoms with Gasteiger partial charge in [-0.25, -0.2) is 4.39 Å². The van der Waals surface area contributed by atoms with Gasteiger partial charge in [-0.1, -0.05) is 11.6 Å². The molecule has 2 aromatic rings. The van der Waals surface area contributed by atoms with Crippen LogP contribution in [0.25, 0.3) is 0 Å². The molecule has 2 nitrogen and oxygen atoms in total. The topological polar surface area (TPSA) is 38.9 Å². The number of nitrogens with two attached hydrogens (primary N) is 1. The van der Waals surface area contributed by atoms with Crippen LogP contribution in [0.15, 0.2) is 42.7 Å². The van der Waals surface area contributed by atoms with E-state index in [1.165, 1.54) is 12.1 Å². The molecular weight excluding hydrogens is 251 g/mol. The first-order valence-corrected chi connectivity index (χ1v) is 6.11. The summed E-state index contributed by atoms with van der Waals surface area (Å²) in [5.74, 6) is -0.287. The molecule has 0 amide bonds. The molecule has 1 aromatic carbocycles. The Kier molecular flexibility index (Phi) is 4.28. The summed E-state index contributed by atoms with van der Waals surface area (Å²) in [6.07, 6.45) is 4.74. The Balaban J connectivity index is 2.03. The number of benzene rings is 1. The van der Waals surface area contributed by atoms with Gasteiger partial charge in [-0.3, -0.25) is 4.98 Å². The molecule has 1 aromatic heterocycles. The van der Waals surface area contributed by atoms with E-state index in [9.17, 15) is 4.39 Å². The van der Waals surface area contributed by atoms with Crippen molar-refractivity contribution < 1.29 is 4.39 Å². The van der Waals surface area contributed by atoms with Crippen molar-refractivity contribution >= 4 is 11.6 Å². The van der Waals surface area contributed by atoms with Gasteiger partial charge in [0.05, 0.1) is 0 Å². The summed E-state index contributed by atoms with van der Waals surface area (Å²) in [6.45, 7) is 0. The Morgan fingerprint density at radius 2 is 1.89 bits per heavy atom. The van der Waals surface area contributed by atoms with E-state index in [4.69, 9.17) is 17.3 Å². The lowest BCUT2D eigenvalue weighted by Crippen LogP contribution is -2.25. The number of aromatic nitrogens is 1. The molecule has 1 atom stereocenters. The predicted molar refractivity (Wildman–Crippen MR) is 71.0 cm³/mol. The Hall–Kier alpha value is -1.45. The Morgan fingerprint density at radius 3 is 2.61 bits per heavy atom. The highest BCUT2D eigenvalue weighted by Gasteiger charge is 2.09. The van der Waals surface area contributed by atoms with Gasteiger partial charge in [-0.15, -0.1) is 0 Å². The van der Waals surface area contributed by atoms with Gasteiger partial charge in [-0.05, 0) is 54.3 Å². The van der Waals surface area contributed by atoms with Crippen LogP contribution in [-0.2, 0) is 12.8 Å². The van der Waals surface area contributed by atoms with Crippen LogP contribution in [0.2, 0.25) is 5.02 Å². The number of halogens is 2. The SMILES string of the molecule is NC(Cc1ccncc1)Cc1cc(F)ccc1Cl. The van der Waals surface area contributed by atoms with E-state index < -0.39 is 0 Å². The van der Waals surface area contributed by atoms with Crippen LogP contribution >= 0.6 is 11.6 Å². The fraction of sp³-hybridized carbons (Fsp3) is 0.214. The van der Waals surface area contributed by atoms with Gasteiger partial charge in [0.1, 0.15) is 5.82 Å². The molecule has 0 aliphatic rings. The molecule has 2 N–H and O–H groups in total. The highest BCUT2D eigenvalue weighted by atomic mass is 35.5. The van der Waals surface area contributed by atoms with Crippen molar-refractivity contribution in [2.75, 3.05) is 0 Å². The quantitative estimate of drug-likeness (QED) is 0.922. The molecule has 1 heterocycles. The first kappa shape index (κ1) is 13.0. The van der Waals surface area contributed by atoms with Crippen LogP contribution in [0, 0.1) is 5.82 Å². The van der Waals surface area contributed by atoms with Gasteiger partial charge < -0.3 is 5.73 Å². The van der Waals surface area contributed by atoms with Gasteiger partial charge in [0, 0.05) is 23.5 Å². The second kappa shape index (κ2) is 5.94. The van der Waals surface area contributed by atoms with Crippen molar-refractivity contribution in [2.24, 2.45) is 5.73 Å². The minimum atomic E-state index is -0.287. The molecule has 0 spiro atoms. The Morgan fingerprint density at radius 1 is 1.17 bits per heavy atom. The van der Waals surface area contributed by atoms with Gasteiger partial charge in [0.2, 0.25) is 0 Å². The average Bonchev–Trinajstić information content (AvgIpc) is 2.35. The number of hydrogen-bond donors (Lipinski definition) is 1. The molecule has 4 heteroatoms. The molecule has 18 heavy (non-hydrogen) atoms. The largest absolute Gasteiger partial charge is 0.327 e. The highest BCUT2D eigenvalue weighted by Crippen LogP contribution is 2.19. The normalized spacial score (nSPS) is 12.4. The number of nitrogens with zero attached hydrogens (tertiary/aromatic N) is 1. The summed E-state index contributed by atoms with van der Waals surface area (Å²) >= 11 is 6.01. The van der Waals surface area contributed by atoms with Crippen LogP contribution in [0.4, 0.5) is 4.39 Å². The molecule has 0 saturated carbocycles. The second-order valence-corrected chi connectivity index (χ2v) is 4.67. The zero-order chi connectivity index (χ0) is 13.0. The van der Waals surface area contributed by atoms with E-state index in [-0.39, 0.29) is 11.9 Å². The second-order valence-electron chi connectivity index (χ2n) is 4.26. The van der Waals surface area contributed by atoms with Crippen molar-refractivity contribution in [3.05, 3.63) is 64.7 Å². The van der Waals surface area contributed by atoms with Gasteiger partial charge in [0.15, 0.2) is 0 Å². The van der Waals surface area contributed by atoms with Crippen molar-refractivity contribution in [3.63, 3.8) is 0 Å². The molecule has 0 aliphatic heterocycles. The minimum Gasteiger partial charge on any atom is -0.327 e. The van der Waals surface area contributed by atoms with Crippen molar-refractivity contribution in [2.45, 2.75) is 18.9 Å². The standard InChI is InChI=1S/C14H14ClFN2/c15-14-2-1-12(16)8-11(14)9-13(17)7-10-3-5-18-6-4-10/h1-6,8,13H,7,9,17H2. The van der Waals surface area contributed by atoms with E-state index in [1.54, 1.807) is 18.5 Å². The maximum absolute atomic E-state index is 13.1. The third-order valence-electron chi connectivity index (χ3n) is 2.74. The summed E-state index contributed by atoms with van der Waals surface area (Å²) in [5, 5.41) is 0.557. The molecule has 0 fully saturated rings. The highest BCUT2D eigenvalue weighted by molar-refractivity contribution is 6.31. The lowest BCUT2D eigenvalue weighted by atomic mass is 10.0. The smallest absolute Gasteiger partial charge is 0.123 e. The van der Waals surface area contributed by atoms with Gasteiger partial charge in [-0.2, -0.15) is 0 Å². The van der Waals surface area contributed by atoms with Crippen molar-refractivity contribution in [1.82, 2.24) is 4.98 Å². The van der Waals surface area contributed by atoms with Crippen LogP contribution < -0.4 is 5.73 Å².